The van der Waals surface area contributed by atoms with E-state index < -0.39 is 36.1 Å². The lowest BCUT2D eigenvalue weighted by molar-refractivity contribution is 0.00336. The molecule has 0 spiro atoms. The molecular formula is C32H39ClN4O6SSi. The van der Waals surface area contributed by atoms with Crippen molar-refractivity contribution in [2.24, 2.45) is 0 Å². The van der Waals surface area contributed by atoms with Gasteiger partial charge in [0.1, 0.15) is 30.6 Å². The number of aliphatic hydroxyl groups excluding tert-OH is 1. The Balaban J connectivity index is 1.29. The van der Waals surface area contributed by atoms with Crippen LogP contribution < -0.4 is 9.46 Å². The Hall–Kier alpha value is -2.81. The van der Waals surface area contributed by atoms with Crippen molar-refractivity contribution >= 4 is 46.4 Å². The number of hydrogen-bond acceptors (Lipinski definition) is 8. The van der Waals surface area contributed by atoms with Crippen LogP contribution in [0.4, 0.5) is 0 Å². The van der Waals surface area contributed by atoms with Gasteiger partial charge in [0.2, 0.25) is 0 Å². The highest BCUT2D eigenvalue weighted by Crippen LogP contribution is 2.35. The summed E-state index contributed by atoms with van der Waals surface area (Å²) >= 11 is 6.78. The van der Waals surface area contributed by atoms with Crippen LogP contribution in [0.5, 0.6) is 6.01 Å². The molecule has 2 fully saturated rings. The second-order valence-electron chi connectivity index (χ2n) is 12.6. The van der Waals surface area contributed by atoms with Crippen molar-refractivity contribution in [3.8, 4) is 28.4 Å². The zero-order chi connectivity index (χ0) is 31.9. The predicted molar refractivity (Wildman–Crippen MR) is 180 cm³/mol. The Kier molecular flexibility index (Phi) is 9.12. The Morgan fingerprint density at radius 3 is 2.36 bits per heavy atom. The highest BCUT2D eigenvalue weighted by molar-refractivity contribution is 7.98. The monoisotopic (exact) mass is 670 g/mol. The number of ether oxygens (including phenoxy) is 4. The van der Waals surface area contributed by atoms with Crippen molar-refractivity contribution in [3.63, 3.8) is 0 Å². The summed E-state index contributed by atoms with van der Waals surface area (Å²) < 4.78 is 41.1. The van der Waals surface area contributed by atoms with E-state index >= 15 is 0 Å². The second kappa shape index (κ2) is 12.8. The van der Waals surface area contributed by atoms with E-state index in [0.717, 1.165) is 22.7 Å². The van der Waals surface area contributed by atoms with E-state index in [9.17, 15) is 9.32 Å². The van der Waals surface area contributed by atoms with Gasteiger partial charge in [-0.15, -0.1) is 0 Å². The summed E-state index contributed by atoms with van der Waals surface area (Å²) in [7, 11) is -2.16. The number of halogens is 1. The van der Waals surface area contributed by atoms with Gasteiger partial charge in [-0.1, -0.05) is 67.6 Å². The quantitative estimate of drug-likeness (QED) is 0.132. The Labute approximate surface area is 269 Å². The van der Waals surface area contributed by atoms with Crippen LogP contribution in [0.1, 0.15) is 0 Å². The fraction of sp³-hybridized carbons (Fsp3) is 0.406. The predicted octanol–water partition coefficient (Wildman–Crippen LogP) is 4.85. The molecule has 2 aromatic carbocycles. The fourth-order valence-electron chi connectivity index (χ4n) is 5.43. The largest absolute Gasteiger partial charge is 0.456 e. The first kappa shape index (κ1) is 32.1. The summed E-state index contributed by atoms with van der Waals surface area (Å²) in [6.45, 7) is 8.25. The van der Waals surface area contributed by atoms with E-state index in [4.69, 9.17) is 40.5 Å². The molecule has 2 N–H and O–H groups in total. The number of nitrogens with zero attached hydrogens (tertiary/aromatic N) is 3. The number of hydrogen-bond donors (Lipinski definition) is 2. The van der Waals surface area contributed by atoms with Crippen LogP contribution in [0.2, 0.25) is 30.7 Å². The minimum Gasteiger partial charge on any atom is -0.456 e. The Bertz CT molecular complexity index is 1780. The van der Waals surface area contributed by atoms with E-state index in [1.165, 1.54) is 0 Å². The minimum atomic E-state index is -2.51. The van der Waals surface area contributed by atoms with E-state index in [1.807, 2.05) is 53.1 Å². The maximum absolute atomic E-state index is 12.5. The molecule has 13 heteroatoms. The summed E-state index contributed by atoms with van der Waals surface area (Å²) in [6.07, 6.45) is -1.90. The number of benzene rings is 2. The Morgan fingerprint density at radius 1 is 1.04 bits per heavy atom. The summed E-state index contributed by atoms with van der Waals surface area (Å²) in [4.78, 5) is 10.3. The zero-order valence-electron chi connectivity index (χ0n) is 25.9. The molecule has 0 bridgehead atoms. The molecule has 10 nitrogen and oxygen atoms in total. The van der Waals surface area contributed by atoms with Crippen molar-refractivity contribution in [2.75, 3.05) is 26.9 Å². The smallest absolute Gasteiger partial charge is 0.301 e. The standard InChI is InChI=1S/C32H39ClN4O6SSi/c1-34-44(2,39)23-12-10-21(11-13-23)20-6-8-22(9-7-20)28-24(33)16-25-31(36-28)37(19-40-14-15-45(3,4)5)32(35-25)43-27-18-42-29-26(38)17-41-30(27)29/h6-13,16,26-27,29-30,38H,2,14-15,17-19H2,1,3-5H3,(H,34,39)/t26-,27-,29-,30-,44?/m1/s1. The van der Waals surface area contributed by atoms with Crippen LogP contribution in [0.15, 0.2) is 59.5 Å². The maximum Gasteiger partial charge on any atom is 0.301 e. The number of pyridine rings is 1. The highest BCUT2D eigenvalue weighted by Gasteiger charge is 2.49. The van der Waals surface area contributed by atoms with Gasteiger partial charge in [0.15, 0.2) is 11.8 Å². The third-order valence-electron chi connectivity index (χ3n) is 8.15. The number of rotatable bonds is 11. The summed E-state index contributed by atoms with van der Waals surface area (Å²) in [6, 6.07) is 18.6. The molecule has 0 aliphatic carbocycles. The molecule has 4 heterocycles. The normalized spacial score (nSPS) is 22.9. The van der Waals surface area contributed by atoms with Gasteiger partial charge in [0.05, 0.1) is 33.6 Å². The number of aromatic nitrogens is 3. The van der Waals surface area contributed by atoms with E-state index in [-0.39, 0.29) is 26.0 Å². The lowest BCUT2D eigenvalue weighted by Crippen LogP contribution is -2.35. The van der Waals surface area contributed by atoms with Crippen LogP contribution in [0.3, 0.4) is 0 Å². The van der Waals surface area contributed by atoms with Crippen molar-refractivity contribution < 1.29 is 28.3 Å². The van der Waals surface area contributed by atoms with Crippen molar-refractivity contribution in [1.29, 1.82) is 0 Å². The number of fused-ring (bicyclic) bond motifs is 2. The van der Waals surface area contributed by atoms with Crippen LogP contribution >= 0.6 is 11.6 Å². The average Bonchev–Trinajstić information content (AvgIpc) is 3.69. The van der Waals surface area contributed by atoms with Gasteiger partial charge in [-0.2, -0.15) is 4.98 Å². The fourth-order valence-corrected chi connectivity index (χ4v) is 7.26. The van der Waals surface area contributed by atoms with Crippen molar-refractivity contribution in [3.05, 3.63) is 59.6 Å². The van der Waals surface area contributed by atoms with Crippen LogP contribution in [-0.4, -0.2) is 89.1 Å². The second-order valence-corrected chi connectivity index (χ2v) is 20.9. The summed E-state index contributed by atoms with van der Waals surface area (Å²) in [5.41, 5.74) is 4.59. The molecule has 2 aromatic heterocycles. The zero-order valence-corrected chi connectivity index (χ0v) is 28.4. The van der Waals surface area contributed by atoms with Crippen molar-refractivity contribution in [1.82, 2.24) is 19.3 Å². The third kappa shape index (κ3) is 6.84. The van der Waals surface area contributed by atoms with E-state index in [0.29, 0.717) is 39.4 Å². The van der Waals surface area contributed by atoms with Gasteiger partial charge in [-0.25, -0.2) is 13.9 Å². The van der Waals surface area contributed by atoms with Crippen LogP contribution in [0, 0.1) is 0 Å². The van der Waals surface area contributed by atoms with Gasteiger partial charge in [-0.3, -0.25) is 4.57 Å². The molecule has 2 saturated heterocycles. The van der Waals surface area contributed by atoms with Crippen LogP contribution in [-0.2, 0) is 30.6 Å². The first-order chi connectivity index (χ1) is 21.4. The average molecular weight is 671 g/mol. The molecule has 2 aliphatic heterocycles. The van der Waals surface area contributed by atoms with E-state index in [1.54, 1.807) is 13.1 Å². The van der Waals surface area contributed by atoms with Gasteiger partial charge in [-0.05, 0) is 48.3 Å². The van der Waals surface area contributed by atoms with Gasteiger partial charge in [0, 0.05) is 25.1 Å². The number of nitrogens with one attached hydrogen (secondary N) is 1. The topological polar surface area (TPSA) is 117 Å². The molecule has 6 rings (SSSR count). The molecule has 1 unspecified atom stereocenters. The first-order valence-corrected chi connectivity index (χ1v) is 20.7. The van der Waals surface area contributed by atoms with Gasteiger partial charge < -0.3 is 24.1 Å². The van der Waals surface area contributed by atoms with Crippen LogP contribution in [0.25, 0.3) is 33.5 Å². The van der Waals surface area contributed by atoms with Gasteiger partial charge in [0.25, 0.3) is 0 Å². The van der Waals surface area contributed by atoms with E-state index in [2.05, 4.69) is 30.2 Å². The highest BCUT2D eigenvalue weighted by atomic mass is 35.5. The summed E-state index contributed by atoms with van der Waals surface area (Å²) in [5.74, 6) is 3.77. The molecular weight excluding hydrogens is 632 g/mol. The van der Waals surface area contributed by atoms with Gasteiger partial charge >= 0.3 is 6.01 Å². The number of imidazole rings is 1. The first-order valence-electron chi connectivity index (χ1n) is 14.9. The molecule has 5 atom stereocenters. The molecule has 0 saturated carbocycles. The number of aliphatic hydroxyl groups is 1. The Morgan fingerprint density at radius 2 is 1.69 bits per heavy atom. The SMILES string of the molecule is C=S(=O)(NC)c1ccc(-c2ccc(-c3nc4c(cc3Cl)nc(O[C@@H]3CO[C@H]5[C@@H]3OC[C@H]5O)n4COCC[Si](C)(C)C)cc2)cc1. The molecule has 45 heavy (non-hydrogen) atoms. The third-order valence-corrected chi connectivity index (χ3v) is 11.8. The maximum atomic E-state index is 12.5. The molecule has 4 aromatic rings. The summed E-state index contributed by atoms with van der Waals surface area (Å²) in [5, 5.41) is 10.6. The minimum absolute atomic E-state index is 0.206. The van der Waals surface area contributed by atoms with Crippen molar-refractivity contribution in [2.45, 2.75) is 61.7 Å². The molecule has 0 radical (unpaired) electrons. The molecule has 2 aliphatic rings. The lowest BCUT2D eigenvalue weighted by atomic mass is 10.0. The molecule has 240 valence electrons. The lowest BCUT2D eigenvalue weighted by Gasteiger charge is -2.19. The molecule has 0 amide bonds.